The van der Waals surface area contributed by atoms with Crippen LogP contribution in [-0.4, -0.2) is 39.8 Å². The predicted octanol–water partition coefficient (Wildman–Crippen LogP) is 2.82. The number of anilines is 1. The van der Waals surface area contributed by atoms with Gasteiger partial charge in [0.1, 0.15) is 0 Å². The molecule has 0 unspecified atom stereocenters. The highest BCUT2D eigenvalue weighted by Gasteiger charge is 2.13. The van der Waals surface area contributed by atoms with E-state index in [0.29, 0.717) is 18.0 Å². The number of benzene rings is 2. The molecule has 1 N–H and O–H groups in total. The Hall–Kier alpha value is -2.69. The van der Waals surface area contributed by atoms with E-state index in [4.69, 9.17) is 9.47 Å². The van der Waals surface area contributed by atoms with Gasteiger partial charge in [-0.1, -0.05) is 24.3 Å². The van der Waals surface area contributed by atoms with Crippen LogP contribution in [0.3, 0.4) is 0 Å². The maximum atomic E-state index is 12.0. The number of hydrogen-bond acceptors (Lipinski definition) is 4. The second-order valence-corrected chi connectivity index (χ2v) is 6.53. The molecule has 0 saturated carbocycles. The summed E-state index contributed by atoms with van der Waals surface area (Å²) in [7, 11) is 3.72. The summed E-state index contributed by atoms with van der Waals surface area (Å²) in [6, 6.07) is 13.9. The van der Waals surface area contributed by atoms with Crippen LogP contribution in [0.25, 0.3) is 0 Å². The molecule has 0 saturated heterocycles. The number of para-hydroxylation sites is 2. The molecule has 0 atom stereocenters. The van der Waals surface area contributed by atoms with Gasteiger partial charge in [-0.25, -0.2) is 0 Å². The number of carbonyl (C=O) groups excluding carboxylic acids is 1. The van der Waals surface area contributed by atoms with Crippen molar-refractivity contribution in [3.8, 4) is 11.5 Å². The Bertz CT molecular complexity index is 761. The van der Waals surface area contributed by atoms with E-state index in [1.165, 1.54) is 23.2 Å². The van der Waals surface area contributed by atoms with Crippen molar-refractivity contribution >= 4 is 11.6 Å². The lowest BCUT2D eigenvalue weighted by Crippen LogP contribution is -2.30. The van der Waals surface area contributed by atoms with Crippen LogP contribution in [-0.2, 0) is 17.6 Å². The molecule has 0 bridgehead atoms. The molecule has 5 heteroatoms. The van der Waals surface area contributed by atoms with E-state index in [-0.39, 0.29) is 12.5 Å². The lowest BCUT2D eigenvalue weighted by atomic mass is 9.98. The number of nitrogens with one attached hydrogen (secondary N) is 1. The van der Waals surface area contributed by atoms with Gasteiger partial charge in [0, 0.05) is 25.8 Å². The lowest BCUT2D eigenvalue weighted by molar-refractivity contribution is -0.123. The van der Waals surface area contributed by atoms with Gasteiger partial charge in [-0.2, -0.15) is 0 Å². The second-order valence-electron chi connectivity index (χ2n) is 6.53. The van der Waals surface area contributed by atoms with Crippen molar-refractivity contribution in [2.24, 2.45) is 0 Å². The third-order valence-electron chi connectivity index (χ3n) is 4.66. The minimum absolute atomic E-state index is 0.0185. The molecule has 1 heterocycles. The van der Waals surface area contributed by atoms with Gasteiger partial charge < -0.3 is 19.7 Å². The molecule has 2 aromatic carbocycles. The molecule has 5 nitrogen and oxygen atoms in total. The molecular weight excluding hydrogens is 328 g/mol. The Kier molecular flexibility index (Phi) is 6.00. The largest absolute Gasteiger partial charge is 0.493 e. The Balaban J connectivity index is 1.45. The highest BCUT2D eigenvalue weighted by molar-refractivity contribution is 5.77. The van der Waals surface area contributed by atoms with Crippen molar-refractivity contribution in [1.29, 1.82) is 0 Å². The minimum Gasteiger partial charge on any atom is -0.493 e. The summed E-state index contributed by atoms with van der Waals surface area (Å²) in [5.41, 5.74) is 3.99. The molecule has 0 radical (unpaired) electrons. The smallest absolute Gasteiger partial charge is 0.257 e. The SMILES string of the molecule is COc1ccccc1OCC(=O)NCCc1ccc2c(c1)CCCN2C. The first-order valence-electron chi connectivity index (χ1n) is 9.03. The van der Waals surface area contributed by atoms with Crippen LogP contribution in [0, 0.1) is 0 Å². The van der Waals surface area contributed by atoms with Gasteiger partial charge in [0.2, 0.25) is 0 Å². The molecule has 26 heavy (non-hydrogen) atoms. The first-order chi connectivity index (χ1) is 12.7. The van der Waals surface area contributed by atoms with Crippen molar-refractivity contribution in [3.63, 3.8) is 0 Å². The summed E-state index contributed by atoms with van der Waals surface area (Å²) in [6.45, 7) is 1.70. The van der Waals surface area contributed by atoms with E-state index in [2.05, 4.69) is 35.5 Å². The van der Waals surface area contributed by atoms with E-state index < -0.39 is 0 Å². The summed E-state index contributed by atoms with van der Waals surface area (Å²) in [5.74, 6) is 1.07. The quantitative estimate of drug-likeness (QED) is 0.831. The van der Waals surface area contributed by atoms with Crippen LogP contribution >= 0.6 is 0 Å². The zero-order valence-electron chi connectivity index (χ0n) is 15.5. The summed E-state index contributed by atoms with van der Waals surface area (Å²) < 4.78 is 10.7. The number of rotatable bonds is 7. The van der Waals surface area contributed by atoms with E-state index in [1.807, 2.05) is 12.1 Å². The number of aryl methyl sites for hydroxylation is 1. The summed E-state index contributed by atoms with van der Waals surface area (Å²) >= 11 is 0. The monoisotopic (exact) mass is 354 g/mol. The summed E-state index contributed by atoms with van der Waals surface area (Å²) in [6.07, 6.45) is 3.15. The van der Waals surface area contributed by atoms with Gasteiger partial charge in [0.25, 0.3) is 5.91 Å². The van der Waals surface area contributed by atoms with Crippen molar-refractivity contribution in [1.82, 2.24) is 5.32 Å². The van der Waals surface area contributed by atoms with E-state index in [9.17, 15) is 4.79 Å². The van der Waals surface area contributed by atoms with Gasteiger partial charge in [-0.15, -0.1) is 0 Å². The summed E-state index contributed by atoms with van der Waals surface area (Å²) in [4.78, 5) is 14.3. The topological polar surface area (TPSA) is 50.8 Å². The number of nitrogens with zero attached hydrogens (tertiary/aromatic N) is 1. The van der Waals surface area contributed by atoms with Crippen LogP contribution < -0.4 is 19.7 Å². The molecule has 3 rings (SSSR count). The van der Waals surface area contributed by atoms with E-state index in [0.717, 1.165) is 19.4 Å². The normalized spacial score (nSPS) is 13.1. The highest BCUT2D eigenvalue weighted by atomic mass is 16.5. The Morgan fingerprint density at radius 2 is 2.00 bits per heavy atom. The van der Waals surface area contributed by atoms with Gasteiger partial charge >= 0.3 is 0 Å². The molecule has 0 aliphatic carbocycles. The van der Waals surface area contributed by atoms with Crippen LogP contribution in [0.5, 0.6) is 11.5 Å². The van der Waals surface area contributed by atoms with E-state index >= 15 is 0 Å². The third-order valence-corrected chi connectivity index (χ3v) is 4.66. The number of methoxy groups -OCH3 is 1. The van der Waals surface area contributed by atoms with Crippen molar-refractivity contribution in [2.75, 3.05) is 38.8 Å². The van der Waals surface area contributed by atoms with Crippen LogP contribution in [0.1, 0.15) is 17.5 Å². The number of ether oxygens (including phenoxy) is 2. The standard InChI is InChI=1S/C21H26N2O3/c1-23-13-5-6-17-14-16(9-10-18(17)23)11-12-22-21(24)15-26-20-8-4-3-7-19(20)25-2/h3-4,7-10,14H,5-6,11-13,15H2,1-2H3,(H,22,24). The molecule has 0 spiro atoms. The fourth-order valence-corrected chi connectivity index (χ4v) is 3.27. The van der Waals surface area contributed by atoms with Crippen molar-refractivity contribution in [3.05, 3.63) is 53.6 Å². The van der Waals surface area contributed by atoms with Gasteiger partial charge in [0.15, 0.2) is 18.1 Å². The van der Waals surface area contributed by atoms with Gasteiger partial charge in [0.05, 0.1) is 7.11 Å². The molecule has 2 aromatic rings. The Labute approximate surface area is 154 Å². The highest BCUT2D eigenvalue weighted by Crippen LogP contribution is 2.27. The number of amides is 1. The minimum atomic E-state index is -0.131. The zero-order valence-corrected chi connectivity index (χ0v) is 15.5. The van der Waals surface area contributed by atoms with Gasteiger partial charge in [-0.05, 0) is 48.6 Å². The fraction of sp³-hybridized carbons (Fsp3) is 0.381. The second kappa shape index (κ2) is 8.61. The average molecular weight is 354 g/mol. The van der Waals surface area contributed by atoms with Crippen molar-refractivity contribution in [2.45, 2.75) is 19.3 Å². The lowest BCUT2D eigenvalue weighted by Gasteiger charge is -2.27. The first-order valence-corrected chi connectivity index (χ1v) is 9.03. The average Bonchev–Trinajstić information content (AvgIpc) is 2.66. The summed E-state index contributed by atoms with van der Waals surface area (Å²) in [5, 5.41) is 2.91. The Morgan fingerprint density at radius 3 is 2.81 bits per heavy atom. The Morgan fingerprint density at radius 1 is 1.19 bits per heavy atom. The molecule has 1 aliphatic heterocycles. The van der Waals surface area contributed by atoms with Crippen molar-refractivity contribution < 1.29 is 14.3 Å². The number of fused-ring (bicyclic) bond motifs is 1. The number of carbonyl (C=O) groups is 1. The third kappa shape index (κ3) is 4.48. The van der Waals surface area contributed by atoms with Gasteiger partial charge in [-0.3, -0.25) is 4.79 Å². The predicted molar refractivity (Wildman–Crippen MR) is 103 cm³/mol. The molecular formula is C21H26N2O3. The molecule has 0 fully saturated rings. The maximum absolute atomic E-state index is 12.0. The van der Waals surface area contributed by atoms with Crippen LogP contribution in [0.4, 0.5) is 5.69 Å². The molecule has 1 amide bonds. The molecule has 1 aliphatic rings. The fourth-order valence-electron chi connectivity index (χ4n) is 3.27. The van der Waals surface area contributed by atoms with Crippen LogP contribution in [0.15, 0.2) is 42.5 Å². The van der Waals surface area contributed by atoms with Crippen LogP contribution in [0.2, 0.25) is 0 Å². The molecule has 138 valence electrons. The number of hydrogen-bond donors (Lipinski definition) is 1. The zero-order chi connectivity index (χ0) is 18.4. The maximum Gasteiger partial charge on any atom is 0.257 e. The molecule has 0 aromatic heterocycles. The first kappa shape index (κ1) is 18.1. The van der Waals surface area contributed by atoms with E-state index in [1.54, 1.807) is 19.2 Å².